The number of anilines is 1. The van der Waals surface area contributed by atoms with Gasteiger partial charge in [-0.1, -0.05) is 6.07 Å². The highest BCUT2D eigenvalue weighted by Gasteiger charge is 2.32. The molecule has 0 spiro atoms. The summed E-state index contributed by atoms with van der Waals surface area (Å²) in [5.41, 5.74) is 4.55. The molecule has 0 fully saturated rings. The summed E-state index contributed by atoms with van der Waals surface area (Å²) in [7, 11) is 0. The van der Waals surface area contributed by atoms with Crippen LogP contribution in [-0.2, 0) is 6.18 Å². The van der Waals surface area contributed by atoms with Crippen LogP contribution in [0, 0.1) is 5.82 Å². The molecule has 1 heterocycles. The van der Waals surface area contributed by atoms with E-state index in [4.69, 9.17) is 10.5 Å². The van der Waals surface area contributed by atoms with Crippen LogP contribution < -0.4 is 10.5 Å². The number of rotatable bonds is 2. The van der Waals surface area contributed by atoms with Gasteiger partial charge in [0.15, 0.2) is 5.75 Å². The number of nitrogens with two attached hydrogens (primary N) is 1. The zero-order valence-electron chi connectivity index (χ0n) is 9.71. The third-order valence-electron chi connectivity index (χ3n) is 2.28. The molecule has 0 aliphatic heterocycles. The fourth-order valence-corrected chi connectivity index (χ4v) is 1.74. The maximum Gasteiger partial charge on any atom is 0.433 e. The van der Waals surface area contributed by atoms with Gasteiger partial charge in [-0.05, 0) is 28.1 Å². The van der Waals surface area contributed by atoms with Crippen molar-refractivity contribution in [3.05, 3.63) is 46.3 Å². The minimum absolute atomic E-state index is 0.0671. The highest BCUT2D eigenvalue weighted by Crippen LogP contribution is 2.33. The lowest BCUT2D eigenvalue weighted by Gasteiger charge is -2.10. The summed E-state index contributed by atoms with van der Waals surface area (Å²) < 4.78 is 56.0. The normalized spacial score (nSPS) is 11.4. The number of alkyl halides is 3. The Kier molecular flexibility index (Phi) is 3.85. The number of hydrogen-bond donors (Lipinski definition) is 1. The van der Waals surface area contributed by atoms with Gasteiger partial charge in [-0.25, -0.2) is 9.37 Å². The topological polar surface area (TPSA) is 48.1 Å². The van der Waals surface area contributed by atoms with Gasteiger partial charge in [-0.15, -0.1) is 0 Å². The van der Waals surface area contributed by atoms with Crippen molar-refractivity contribution in [1.29, 1.82) is 0 Å². The lowest BCUT2D eigenvalue weighted by atomic mass is 10.3. The Morgan fingerprint density at radius 3 is 2.55 bits per heavy atom. The first-order valence-corrected chi connectivity index (χ1v) is 6.03. The number of nitrogen functional groups attached to an aromatic ring is 1. The molecule has 0 amide bonds. The number of halogens is 5. The van der Waals surface area contributed by atoms with E-state index in [0.29, 0.717) is 0 Å². The Balaban J connectivity index is 2.33. The molecule has 106 valence electrons. The van der Waals surface area contributed by atoms with Crippen LogP contribution in [0.3, 0.4) is 0 Å². The molecule has 0 aliphatic rings. The Morgan fingerprint density at radius 1 is 1.20 bits per heavy atom. The standard InChI is InChI=1S/C12H7BrF4N2O/c13-6-4-8(18)9(5-7(6)14)20-11-3-1-2-10(19-11)12(15,16)17/h1-5H,18H2. The van der Waals surface area contributed by atoms with Gasteiger partial charge in [-0.2, -0.15) is 13.2 Å². The van der Waals surface area contributed by atoms with Gasteiger partial charge in [-0.3, -0.25) is 0 Å². The van der Waals surface area contributed by atoms with Crippen molar-refractivity contribution in [2.24, 2.45) is 0 Å². The van der Waals surface area contributed by atoms with E-state index in [1.165, 1.54) is 12.1 Å². The van der Waals surface area contributed by atoms with Crippen molar-refractivity contribution in [2.75, 3.05) is 5.73 Å². The van der Waals surface area contributed by atoms with E-state index in [2.05, 4.69) is 20.9 Å². The quantitative estimate of drug-likeness (QED) is 0.645. The van der Waals surface area contributed by atoms with Crippen LogP contribution in [0.2, 0.25) is 0 Å². The summed E-state index contributed by atoms with van der Waals surface area (Å²) >= 11 is 2.93. The highest BCUT2D eigenvalue weighted by atomic mass is 79.9. The molecule has 3 nitrogen and oxygen atoms in total. The van der Waals surface area contributed by atoms with Crippen LogP contribution in [0.5, 0.6) is 11.6 Å². The number of ether oxygens (including phenoxy) is 1. The van der Waals surface area contributed by atoms with Gasteiger partial charge in [0.25, 0.3) is 0 Å². The van der Waals surface area contributed by atoms with Gasteiger partial charge < -0.3 is 10.5 Å². The second-order valence-corrected chi connectivity index (χ2v) is 4.62. The smallest absolute Gasteiger partial charge is 0.433 e. The summed E-state index contributed by atoms with van der Waals surface area (Å²) in [6.45, 7) is 0. The van der Waals surface area contributed by atoms with Crippen LogP contribution in [0.15, 0.2) is 34.8 Å². The zero-order chi connectivity index (χ0) is 14.9. The average Bonchev–Trinajstić information content (AvgIpc) is 2.35. The Hall–Kier alpha value is -1.83. The average molecular weight is 351 g/mol. The van der Waals surface area contributed by atoms with E-state index in [9.17, 15) is 17.6 Å². The van der Waals surface area contributed by atoms with Gasteiger partial charge in [0.2, 0.25) is 5.88 Å². The van der Waals surface area contributed by atoms with E-state index in [-0.39, 0.29) is 21.8 Å². The van der Waals surface area contributed by atoms with Crippen molar-refractivity contribution in [3.63, 3.8) is 0 Å². The summed E-state index contributed by atoms with van der Waals surface area (Å²) in [4.78, 5) is 3.30. The van der Waals surface area contributed by atoms with Crippen molar-refractivity contribution < 1.29 is 22.3 Å². The van der Waals surface area contributed by atoms with Crippen molar-refractivity contribution >= 4 is 21.6 Å². The SMILES string of the molecule is Nc1cc(Br)c(F)cc1Oc1cccc(C(F)(F)F)n1. The summed E-state index contributed by atoms with van der Waals surface area (Å²) in [6.07, 6.45) is -4.59. The number of hydrogen-bond acceptors (Lipinski definition) is 3. The van der Waals surface area contributed by atoms with Crippen LogP contribution in [0.4, 0.5) is 23.2 Å². The maximum atomic E-state index is 13.3. The van der Waals surface area contributed by atoms with E-state index in [1.807, 2.05) is 0 Å². The molecule has 8 heteroatoms. The second kappa shape index (κ2) is 5.28. The molecule has 1 aromatic heterocycles. The molecule has 2 N–H and O–H groups in total. The van der Waals surface area contributed by atoms with E-state index in [0.717, 1.165) is 18.2 Å². The second-order valence-electron chi connectivity index (χ2n) is 3.77. The predicted octanol–water partition coefficient (Wildman–Crippen LogP) is 4.38. The molecule has 0 aliphatic carbocycles. The zero-order valence-corrected chi connectivity index (χ0v) is 11.3. The first-order valence-electron chi connectivity index (χ1n) is 5.24. The van der Waals surface area contributed by atoms with Crippen molar-refractivity contribution in [3.8, 4) is 11.6 Å². The van der Waals surface area contributed by atoms with Crippen LogP contribution in [0.1, 0.15) is 5.69 Å². The molecular formula is C12H7BrF4N2O. The molecule has 0 saturated heterocycles. The van der Waals surface area contributed by atoms with Crippen molar-refractivity contribution in [1.82, 2.24) is 4.98 Å². The van der Waals surface area contributed by atoms with Gasteiger partial charge >= 0.3 is 6.18 Å². The van der Waals surface area contributed by atoms with E-state index in [1.54, 1.807) is 0 Å². The number of nitrogens with zero attached hydrogens (tertiary/aromatic N) is 1. The Bertz CT molecular complexity index is 646. The van der Waals surface area contributed by atoms with Crippen LogP contribution in [0.25, 0.3) is 0 Å². The highest BCUT2D eigenvalue weighted by molar-refractivity contribution is 9.10. The van der Waals surface area contributed by atoms with Gasteiger partial charge in [0, 0.05) is 12.1 Å². The molecule has 0 radical (unpaired) electrons. The monoisotopic (exact) mass is 350 g/mol. The predicted molar refractivity (Wildman–Crippen MR) is 67.8 cm³/mol. The third-order valence-corrected chi connectivity index (χ3v) is 2.89. The maximum absolute atomic E-state index is 13.3. The molecule has 20 heavy (non-hydrogen) atoms. The molecule has 0 bridgehead atoms. The fraction of sp³-hybridized carbons (Fsp3) is 0.0833. The van der Waals surface area contributed by atoms with Crippen LogP contribution >= 0.6 is 15.9 Å². The van der Waals surface area contributed by atoms with Crippen molar-refractivity contribution in [2.45, 2.75) is 6.18 Å². The largest absolute Gasteiger partial charge is 0.437 e. The van der Waals surface area contributed by atoms with E-state index < -0.39 is 17.7 Å². The van der Waals surface area contributed by atoms with Gasteiger partial charge in [0.1, 0.15) is 11.5 Å². The number of benzene rings is 1. The lowest BCUT2D eigenvalue weighted by molar-refractivity contribution is -0.141. The molecule has 2 rings (SSSR count). The molecule has 2 aromatic rings. The Labute approximate surface area is 119 Å². The fourth-order valence-electron chi connectivity index (χ4n) is 1.37. The van der Waals surface area contributed by atoms with Crippen LogP contribution in [-0.4, -0.2) is 4.98 Å². The first kappa shape index (κ1) is 14.6. The molecule has 0 atom stereocenters. The van der Waals surface area contributed by atoms with E-state index >= 15 is 0 Å². The first-order chi connectivity index (χ1) is 9.27. The molecule has 0 unspecified atom stereocenters. The summed E-state index contributed by atoms with van der Waals surface area (Å²) in [6, 6.07) is 5.36. The molecule has 0 saturated carbocycles. The molecular weight excluding hydrogens is 344 g/mol. The Morgan fingerprint density at radius 2 is 1.90 bits per heavy atom. The minimum atomic E-state index is -4.59. The minimum Gasteiger partial charge on any atom is -0.437 e. The number of aromatic nitrogens is 1. The summed E-state index contributed by atoms with van der Waals surface area (Å²) in [5, 5.41) is 0. The van der Waals surface area contributed by atoms with Gasteiger partial charge in [0.05, 0.1) is 10.2 Å². The third kappa shape index (κ3) is 3.19. The number of pyridine rings is 1. The molecule has 1 aromatic carbocycles. The summed E-state index contributed by atoms with van der Waals surface area (Å²) in [5.74, 6) is -1.09. The lowest BCUT2D eigenvalue weighted by Crippen LogP contribution is -2.08.